The van der Waals surface area contributed by atoms with E-state index in [4.69, 9.17) is 0 Å². The van der Waals surface area contributed by atoms with Gasteiger partial charge in [0, 0.05) is 96.7 Å². The minimum absolute atomic E-state index is 0.00638. The number of nitrogens with one attached hydrogen (secondary N) is 7. The molecule has 0 bridgehead atoms. The molecule has 16 atom stereocenters. The fraction of sp³-hybridized carbons (Fsp3) is 0.708. The van der Waals surface area contributed by atoms with Crippen molar-refractivity contribution in [3.63, 3.8) is 0 Å². The lowest BCUT2D eigenvalue weighted by Crippen LogP contribution is -2.59. The Labute approximate surface area is 600 Å². The number of amides is 2. The number of aliphatic carboxylic acids is 4. The van der Waals surface area contributed by atoms with Crippen molar-refractivity contribution in [3.05, 3.63) is 59.4 Å². The maximum atomic E-state index is 14.3. The summed E-state index contributed by atoms with van der Waals surface area (Å²) < 4.78 is 0. The van der Waals surface area contributed by atoms with Crippen molar-refractivity contribution >= 4 is 52.4 Å². The molecule has 0 radical (unpaired) electrons. The summed E-state index contributed by atoms with van der Waals surface area (Å²) in [4.78, 5) is 93.0. The van der Waals surface area contributed by atoms with Gasteiger partial charge in [-0.3, -0.25) is 74.1 Å². The van der Waals surface area contributed by atoms with E-state index in [0.717, 1.165) is 11.0 Å². The van der Waals surface area contributed by atoms with E-state index in [2.05, 4.69) is 41.9 Å². The minimum Gasteiger partial charge on any atom is -0.481 e. The number of hydrogen-bond donors (Lipinski definition) is 26. The fourth-order valence-corrected chi connectivity index (χ4v) is 12.2. The number of anilines is 1. The molecule has 1 fully saturated rings. The predicted octanol–water partition coefficient (Wildman–Crippen LogP) is -8.76. The normalized spacial score (nSPS) is 20.7. The first kappa shape index (κ1) is 88.2. The zero-order valence-electron chi connectivity index (χ0n) is 58.4. The van der Waals surface area contributed by atoms with Crippen LogP contribution in [0.5, 0.6) is 0 Å². The first-order valence-electron chi connectivity index (χ1n) is 34.8. The van der Waals surface area contributed by atoms with Crippen LogP contribution < -0.4 is 31.9 Å². The van der Waals surface area contributed by atoms with Crippen LogP contribution in [0.1, 0.15) is 81.0 Å². The van der Waals surface area contributed by atoms with Crippen molar-refractivity contribution in [2.24, 2.45) is 0 Å². The first-order chi connectivity index (χ1) is 49.3. The molecule has 0 spiro atoms. The highest BCUT2D eigenvalue weighted by molar-refractivity contribution is 5.79. The van der Waals surface area contributed by atoms with Crippen LogP contribution in [0.15, 0.2) is 42.5 Å². The third-order valence-electron chi connectivity index (χ3n) is 18.3. The molecule has 0 saturated carbocycles. The molecule has 104 heavy (non-hydrogen) atoms. The summed E-state index contributed by atoms with van der Waals surface area (Å²) in [6, 6.07) is 9.16. The Morgan fingerprint density at radius 1 is 0.596 bits per heavy atom. The molecule has 2 aromatic carbocycles. The molecule has 3 aromatic rings. The number of aromatic amines is 1. The molecule has 0 aliphatic carbocycles. The molecule has 5 rings (SSSR count). The predicted molar refractivity (Wildman–Crippen MR) is 369 cm³/mol. The molecule has 3 heterocycles. The molecule has 2 aliphatic heterocycles. The lowest BCUT2D eigenvalue weighted by Gasteiger charge is -2.34. The maximum absolute atomic E-state index is 14.3. The molecule has 39 nitrogen and oxygen atoms in total. The van der Waals surface area contributed by atoms with Crippen LogP contribution in [0.3, 0.4) is 0 Å². The smallest absolute Gasteiger partial charge is 0.317 e. The Hall–Kier alpha value is -6.43. The summed E-state index contributed by atoms with van der Waals surface area (Å²) in [7, 11) is 1.74. The molecule has 1 aromatic heterocycles. The minimum atomic E-state index is -2.04. The van der Waals surface area contributed by atoms with Crippen molar-refractivity contribution in [2.45, 2.75) is 169 Å². The van der Waals surface area contributed by atoms with E-state index in [-0.39, 0.29) is 84.8 Å². The Morgan fingerprint density at radius 3 is 1.68 bits per heavy atom. The number of aliphatic hydroxyl groups is 15. The van der Waals surface area contributed by atoms with Gasteiger partial charge in [-0.2, -0.15) is 0 Å². The van der Waals surface area contributed by atoms with Crippen LogP contribution >= 0.6 is 0 Å². The van der Waals surface area contributed by atoms with Gasteiger partial charge in [0.05, 0.1) is 87.7 Å². The number of rotatable bonds is 46. The third kappa shape index (κ3) is 30.4. The number of para-hydroxylation sites is 2. The third-order valence-corrected chi connectivity index (χ3v) is 18.3. The second-order valence-electron chi connectivity index (χ2n) is 26.6. The fourth-order valence-electron chi connectivity index (χ4n) is 12.2. The number of fused-ring (bicyclic) bond motifs is 2. The van der Waals surface area contributed by atoms with E-state index in [0.29, 0.717) is 54.9 Å². The number of benzene rings is 2. The number of carbonyl (C=O) groups is 6. The van der Waals surface area contributed by atoms with Crippen LogP contribution in [-0.4, -0.2) is 389 Å². The molecule has 2 amide bonds. The number of H-pyrrole nitrogens is 1. The number of aromatic nitrogens is 2. The quantitative estimate of drug-likeness (QED) is 0.0184. The van der Waals surface area contributed by atoms with Gasteiger partial charge >= 0.3 is 23.9 Å². The number of carboxylic acid groups (broad SMARTS) is 4. The van der Waals surface area contributed by atoms with E-state index in [1.54, 1.807) is 44.8 Å². The second-order valence-corrected chi connectivity index (χ2v) is 26.6. The van der Waals surface area contributed by atoms with Gasteiger partial charge in [-0.1, -0.05) is 31.0 Å². The summed E-state index contributed by atoms with van der Waals surface area (Å²) in [5.74, 6) is -5.67. The maximum Gasteiger partial charge on any atom is 0.317 e. The first-order valence-corrected chi connectivity index (χ1v) is 34.8. The van der Waals surface area contributed by atoms with Gasteiger partial charge < -0.3 is 118 Å². The van der Waals surface area contributed by atoms with Crippen LogP contribution in [0.4, 0.5) is 5.69 Å². The molecule has 590 valence electrons. The molecular formula is C65H110N14O25. The van der Waals surface area contributed by atoms with Crippen molar-refractivity contribution in [3.8, 4) is 0 Å². The zero-order chi connectivity index (χ0) is 76.7. The summed E-state index contributed by atoms with van der Waals surface area (Å²) in [6.07, 6.45) is -22.5. The highest BCUT2D eigenvalue weighted by Gasteiger charge is 2.36. The average molecular weight is 1490 g/mol. The summed E-state index contributed by atoms with van der Waals surface area (Å²) in [6.45, 7) is -3.70. The summed E-state index contributed by atoms with van der Waals surface area (Å²) in [5.41, 5.74) is 3.45. The van der Waals surface area contributed by atoms with E-state index in [9.17, 15) is 126 Å². The van der Waals surface area contributed by atoms with E-state index in [1.807, 2.05) is 24.3 Å². The average Bonchev–Trinajstić information content (AvgIpc) is 1.62. The lowest BCUT2D eigenvalue weighted by molar-refractivity contribution is -0.140. The van der Waals surface area contributed by atoms with Crippen LogP contribution in [0, 0.1) is 0 Å². The van der Waals surface area contributed by atoms with Gasteiger partial charge in [-0.25, -0.2) is 4.98 Å². The van der Waals surface area contributed by atoms with Gasteiger partial charge in [0.1, 0.15) is 73.6 Å². The molecular weight excluding hydrogens is 1380 g/mol. The van der Waals surface area contributed by atoms with Gasteiger partial charge in [0.2, 0.25) is 11.8 Å². The Balaban J connectivity index is 1.32. The van der Waals surface area contributed by atoms with Crippen molar-refractivity contribution in [2.75, 3.05) is 130 Å². The van der Waals surface area contributed by atoms with Crippen molar-refractivity contribution in [1.29, 1.82) is 0 Å². The van der Waals surface area contributed by atoms with Gasteiger partial charge in [-0.15, -0.1) is 0 Å². The number of carbonyl (C=O) groups excluding carboxylic acids is 2. The second kappa shape index (κ2) is 45.3. The Bertz CT molecular complexity index is 3020. The summed E-state index contributed by atoms with van der Waals surface area (Å²) in [5, 5.41) is 214. The molecule has 26 N–H and O–H groups in total. The topological polar surface area (TPSA) is 607 Å². The Kier molecular flexibility index (Phi) is 38.4. The van der Waals surface area contributed by atoms with E-state index < -0.39 is 206 Å². The van der Waals surface area contributed by atoms with Gasteiger partial charge in [-0.05, 0) is 81.1 Å². The Morgan fingerprint density at radius 2 is 1.13 bits per heavy atom. The highest BCUT2D eigenvalue weighted by atomic mass is 16.4. The zero-order valence-corrected chi connectivity index (χ0v) is 58.4. The molecule has 39 heteroatoms. The van der Waals surface area contributed by atoms with Gasteiger partial charge in [0.25, 0.3) is 0 Å². The van der Waals surface area contributed by atoms with Crippen molar-refractivity contribution < 1.29 is 126 Å². The van der Waals surface area contributed by atoms with Crippen LogP contribution in [-0.2, 0) is 41.9 Å². The number of aliphatic hydroxyl groups excluding tert-OH is 15. The number of carboxylic acids is 4. The largest absolute Gasteiger partial charge is 0.481 e. The summed E-state index contributed by atoms with van der Waals surface area (Å²) >= 11 is 0. The SMILES string of the molecule is CN(Cc1nc2ccccc2[nH]1)[C@H](O)c1ccc2c(c1)CN(CCCCCCN[C@H](O)[C@H](CC[C@@H](O)NC[C@H](O)[C@@H](O)[C@@H](O)[C@@H](O)CO)N[C@H](O)[C@H](CCC(=O)NC[C@@H](O)[C@@H](O)[C@@H](O)[C@H](O)CO)NC(=O)CN1CCN(CC(=O)O)CCN(CC(=O)O)CCN(CC(=O)O)CC1)[C@H](O)C(CC(=O)O)N2. The van der Waals surface area contributed by atoms with E-state index in [1.165, 1.54) is 9.80 Å². The standard InChI is InChI=1S/C65H110N14O25/c1-74(31-50-70-41-8-4-5-9-42(41)71-50)64(103)38-10-11-40-39(26-38)30-79(65(104)45(69-40)27-54(89)90)17-7-3-2-6-16-66-62(101)43(12-14-51(86)67-28-46(82)58(97)60(99)48(84)36-80)73-63(102)44(13-15-52(87)68-29-47(83)59(98)61(100)49(85)37-81)72-53(88)32-75-18-20-76(33-55(91)92)22-24-78(35-57(95)96)25-23-77(21-19-75)34-56(93)94/h4-5,8-11,26,43-49,51,58-67,69,73,80-86,97-104H,2-3,6-7,12-25,27-37H2,1H3,(H,68,87)(H,70,71)(H,72,88)(H,89,90)(H,91,92)(H,93,94)(H,95,96)/t43-,44-,45?,46-,47+,48-,49+,51+,58+,59+,60-,61-,62+,63+,64+,65+/m0/s1. The number of imidazole rings is 1. The van der Waals surface area contributed by atoms with Gasteiger partial charge in [0.15, 0.2) is 0 Å². The van der Waals surface area contributed by atoms with Crippen LogP contribution in [0.2, 0.25) is 0 Å². The molecule has 1 unspecified atom stereocenters. The van der Waals surface area contributed by atoms with Crippen LogP contribution in [0.25, 0.3) is 11.0 Å². The lowest BCUT2D eigenvalue weighted by atomic mass is 10.0. The monoisotopic (exact) mass is 1490 g/mol. The number of unbranched alkanes of at least 4 members (excludes halogenated alkanes) is 3. The van der Waals surface area contributed by atoms with E-state index >= 15 is 0 Å². The number of nitrogens with zero attached hydrogens (tertiary/aromatic N) is 7. The molecule has 1 saturated heterocycles. The highest BCUT2D eigenvalue weighted by Crippen LogP contribution is 2.31. The number of hydrogen-bond acceptors (Lipinski definition) is 32. The molecule has 2 aliphatic rings. The van der Waals surface area contributed by atoms with Crippen molar-refractivity contribution in [1.82, 2.24) is 66.0 Å².